The van der Waals surface area contributed by atoms with Crippen LogP contribution >= 0.6 is 0 Å². The van der Waals surface area contributed by atoms with Crippen molar-refractivity contribution in [2.75, 3.05) is 11.9 Å². The summed E-state index contributed by atoms with van der Waals surface area (Å²) in [6.07, 6.45) is 0.375. The lowest BCUT2D eigenvalue weighted by Crippen LogP contribution is -2.34. The number of amides is 1. The molecule has 4 aromatic rings. The SMILES string of the molecule is CCOC(=O)c1cccc(NC(=O)C(CC)n2c(=O)cc(C)c3c(C)nn(-c4ccccc4)c32)c1. The number of aryl methyl sites for hydroxylation is 2. The van der Waals surface area contributed by atoms with Crippen molar-refractivity contribution in [1.29, 1.82) is 0 Å². The predicted octanol–water partition coefficient (Wildman–Crippen LogP) is 4.57. The van der Waals surface area contributed by atoms with Gasteiger partial charge in [0.1, 0.15) is 11.7 Å². The predicted molar refractivity (Wildman–Crippen MR) is 135 cm³/mol. The lowest BCUT2D eigenvalue weighted by molar-refractivity contribution is -0.119. The maximum absolute atomic E-state index is 13.5. The number of rotatable bonds is 7. The summed E-state index contributed by atoms with van der Waals surface area (Å²) < 4.78 is 8.28. The molecule has 0 aliphatic carbocycles. The van der Waals surface area contributed by atoms with Crippen LogP contribution in [0.25, 0.3) is 16.7 Å². The number of ether oxygens (including phenoxy) is 1. The van der Waals surface area contributed by atoms with Gasteiger partial charge in [-0.1, -0.05) is 31.2 Å². The quantitative estimate of drug-likeness (QED) is 0.398. The van der Waals surface area contributed by atoms with Crippen LogP contribution < -0.4 is 10.9 Å². The third-order valence-electron chi connectivity index (χ3n) is 5.88. The fraction of sp³-hybridized carbons (Fsp3) is 0.259. The minimum absolute atomic E-state index is 0.258. The molecule has 2 heterocycles. The Kier molecular flexibility index (Phi) is 6.82. The average molecular weight is 473 g/mol. The number of hydrogen-bond donors (Lipinski definition) is 1. The molecule has 4 rings (SSSR count). The highest BCUT2D eigenvalue weighted by Crippen LogP contribution is 2.27. The van der Waals surface area contributed by atoms with Crippen LogP contribution in [0.5, 0.6) is 0 Å². The molecule has 0 fully saturated rings. The van der Waals surface area contributed by atoms with E-state index in [-0.39, 0.29) is 18.1 Å². The molecule has 8 nitrogen and oxygen atoms in total. The first-order chi connectivity index (χ1) is 16.8. The Morgan fingerprint density at radius 1 is 1.03 bits per heavy atom. The van der Waals surface area contributed by atoms with Gasteiger partial charge in [0.25, 0.3) is 5.56 Å². The van der Waals surface area contributed by atoms with Gasteiger partial charge in [-0.3, -0.25) is 14.2 Å². The van der Waals surface area contributed by atoms with Crippen molar-refractivity contribution in [2.24, 2.45) is 0 Å². The van der Waals surface area contributed by atoms with Gasteiger partial charge in [0, 0.05) is 17.1 Å². The average Bonchev–Trinajstić information content (AvgIpc) is 3.19. The zero-order valence-electron chi connectivity index (χ0n) is 20.2. The number of anilines is 1. The normalized spacial score (nSPS) is 11.9. The van der Waals surface area contributed by atoms with Crippen LogP contribution in [0.2, 0.25) is 0 Å². The molecule has 1 atom stereocenters. The van der Waals surface area contributed by atoms with E-state index in [1.54, 1.807) is 41.9 Å². The topological polar surface area (TPSA) is 95.2 Å². The maximum atomic E-state index is 13.5. The molecule has 0 radical (unpaired) electrons. The van der Waals surface area contributed by atoms with Gasteiger partial charge in [-0.25, -0.2) is 9.48 Å². The number of benzene rings is 2. The fourth-order valence-corrected chi connectivity index (χ4v) is 4.33. The van der Waals surface area contributed by atoms with Gasteiger partial charge in [-0.05, 0) is 63.1 Å². The first kappa shape index (κ1) is 23.9. The third kappa shape index (κ3) is 4.59. The van der Waals surface area contributed by atoms with E-state index in [1.165, 1.54) is 4.57 Å². The van der Waals surface area contributed by atoms with Crippen molar-refractivity contribution in [1.82, 2.24) is 14.3 Å². The van der Waals surface area contributed by atoms with Crippen LogP contribution in [0.15, 0.2) is 65.5 Å². The fourth-order valence-electron chi connectivity index (χ4n) is 4.33. The van der Waals surface area contributed by atoms with E-state index in [0.717, 1.165) is 22.3 Å². The Balaban J connectivity index is 1.80. The highest BCUT2D eigenvalue weighted by atomic mass is 16.5. The van der Waals surface area contributed by atoms with Gasteiger partial charge in [0.15, 0.2) is 0 Å². The first-order valence-corrected chi connectivity index (χ1v) is 11.6. The molecule has 1 amide bonds. The number of nitrogens with one attached hydrogen (secondary N) is 1. The summed E-state index contributed by atoms with van der Waals surface area (Å²) in [7, 11) is 0. The Bertz CT molecular complexity index is 1450. The molecule has 0 aliphatic heterocycles. The van der Waals surface area contributed by atoms with E-state index in [0.29, 0.717) is 23.3 Å². The minimum atomic E-state index is -0.796. The van der Waals surface area contributed by atoms with E-state index < -0.39 is 12.0 Å². The van der Waals surface area contributed by atoms with E-state index in [2.05, 4.69) is 5.32 Å². The number of aromatic nitrogens is 3. The molecule has 2 aromatic heterocycles. The Morgan fingerprint density at radius 2 is 1.77 bits per heavy atom. The molecule has 8 heteroatoms. The number of pyridine rings is 1. The lowest BCUT2D eigenvalue weighted by Gasteiger charge is -2.21. The van der Waals surface area contributed by atoms with Gasteiger partial charge in [0.2, 0.25) is 5.91 Å². The van der Waals surface area contributed by atoms with Crippen molar-refractivity contribution in [2.45, 2.75) is 40.2 Å². The van der Waals surface area contributed by atoms with Crippen molar-refractivity contribution >= 4 is 28.6 Å². The molecular formula is C27H28N4O4. The van der Waals surface area contributed by atoms with E-state index in [4.69, 9.17) is 9.84 Å². The van der Waals surface area contributed by atoms with E-state index in [9.17, 15) is 14.4 Å². The summed E-state index contributed by atoms with van der Waals surface area (Å²) in [5.74, 6) is -0.825. The smallest absolute Gasteiger partial charge is 0.338 e. The summed E-state index contributed by atoms with van der Waals surface area (Å²) >= 11 is 0. The highest BCUT2D eigenvalue weighted by molar-refractivity contribution is 5.97. The molecule has 0 saturated heterocycles. The second-order valence-electron chi connectivity index (χ2n) is 8.28. The number of para-hydroxylation sites is 1. The molecule has 1 unspecified atom stereocenters. The molecular weight excluding hydrogens is 444 g/mol. The Hall–Kier alpha value is -4.20. The summed E-state index contributed by atoms with van der Waals surface area (Å²) in [6, 6.07) is 16.8. The van der Waals surface area contributed by atoms with Crippen molar-refractivity contribution in [3.05, 3.63) is 87.8 Å². The van der Waals surface area contributed by atoms with Crippen molar-refractivity contribution in [3.8, 4) is 5.69 Å². The van der Waals surface area contributed by atoms with Crippen LogP contribution in [0, 0.1) is 13.8 Å². The van der Waals surface area contributed by atoms with Gasteiger partial charge in [-0.2, -0.15) is 5.10 Å². The Labute approximate surface area is 203 Å². The van der Waals surface area contributed by atoms with Gasteiger partial charge >= 0.3 is 5.97 Å². The standard InChI is InChI=1S/C27H28N4O4/c1-5-22(25(33)28-20-12-10-11-19(16-20)27(34)35-6-2)30-23(32)15-17(3)24-18(4)29-31(26(24)30)21-13-8-7-9-14-21/h7-16,22H,5-6H2,1-4H3,(H,28,33). The first-order valence-electron chi connectivity index (χ1n) is 11.6. The summed E-state index contributed by atoms with van der Waals surface area (Å²) in [4.78, 5) is 38.9. The van der Waals surface area contributed by atoms with Gasteiger partial charge in [-0.15, -0.1) is 0 Å². The van der Waals surface area contributed by atoms with Crippen molar-refractivity contribution in [3.63, 3.8) is 0 Å². The summed E-state index contributed by atoms with van der Waals surface area (Å²) in [5, 5.41) is 8.41. The minimum Gasteiger partial charge on any atom is -0.462 e. The maximum Gasteiger partial charge on any atom is 0.338 e. The molecule has 0 spiro atoms. The lowest BCUT2D eigenvalue weighted by atomic mass is 10.1. The third-order valence-corrected chi connectivity index (χ3v) is 5.88. The van der Waals surface area contributed by atoms with Crippen LogP contribution in [-0.4, -0.2) is 32.8 Å². The van der Waals surface area contributed by atoms with E-state index >= 15 is 0 Å². The monoisotopic (exact) mass is 472 g/mol. The summed E-state index contributed by atoms with van der Waals surface area (Å²) in [5.41, 5.74) is 3.44. The van der Waals surface area contributed by atoms with Gasteiger partial charge < -0.3 is 10.1 Å². The Morgan fingerprint density at radius 3 is 2.46 bits per heavy atom. The number of hydrogen-bond acceptors (Lipinski definition) is 5. The largest absolute Gasteiger partial charge is 0.462 e. The number of carbonyl (C=O) groups excluding carboxylic acids is 2. The molecule has 35 heavy (non-hydrogen) atoms. The highest BCUT2D eigenvalue weighted by Gasteiger charge is 2.26. The van der Waals surface area contributed by atoms with Crippen LogP contribution in [0.1, 0.15) is 47.9 Å². The second kappa shape index (κ2) is 9.97. The second-order valence-corrected chi connectivity index (χ2v) is 8.28. The van der Waals surface area contributed by atoms with Gasteiger partial charge in [0.05, 0.1) is 23.6 Å². The van der Waals surface area contributed by atoms with Crippen molar-refractivity contribution < 1.29 is 14.3 Å². The molecule has 0 bridgehead atoms. The van der Waals surface area contributed by atoms with Crippen LogP contribution in [0.4, 0.5) is 5.69 Å². The molecule has 1 N–H and O–H groups in total. The molecule has 0 saturated carbocycles. The number of nitrogens with zero attached hydrogens (tertiary/aromatic N) is 3. The number of carbonyl (C=O) groups is 2. The zero-order valence-corrected chi connectivity index (χ0v) is 20.2. The van der Waals surface area contributed by atoms with E-state index in [1.807, 2.05) is 51.1 Å². The molecule has 2 aromatic carbocycles. The molecule has 0 aliphatic rings. The zero-order chi connectivity index (χ0) is 25.1. The molecule has 180 valence electrons. The van der Waals surface area contributed by atoms with Crippen LogP contribution in [0.3, 0.4) is 0 Å². The van der Waals surface area contributed by atoms with Crippen LogP contribution in [-0.2, 0) is 9.53 Å². The number of esters is 1. The summed E-state index contributed by atoms with van der Waals surface area (Å²) in [6.45, 7) is 7.62. The number of fused-ring (bicyclic) bond motifs is 1.